The van der Waals surface area contributed by atoms with Gasteiger partial charge in [-0.05, 0) is 24.3 Å². The maximum Gasteiger partial charge on any atom is 0.118 e. The topological polar surface area (TPSA) is 9.23 Å². The second kappa shape index (κ2) is 33.9. The summed E-state index contributed by atoms with van der Waals surface area (Å²) < 4.78 is 6.02. The molecular formula is C34H37BrOSe6. The van der Waals surface area contributed by atoms with Crippen LogP contribution in [-0.2, 0) is 0 Å². The van der Waals surface area contributed by atoms with E-state index in [1.54, 1.807) is 7.11 Å². The van der Waals surface area contributed by atoms with E-state index in [0.717, 1.165) is 10.2 Å². The van der Waals surface area contributed by atoms with Crippen LogP contribution < -0.4 is 4.74 Å². The van der Waals surface area contributed by atoms with E-state index in [1.165, 1.54) is 89.7 Å². The molecule has 0 aliphatic carbocycles. The van der Waals surface area contributed by atoms with E-state index < -0.39 is 0 Å². The van der Waals surface area contributed by atoms with Crippen molar-refractivity contribution in [3.05, 3.63) is 28.7 Å². The molecule has 0 aromatic heterocycles. The van der Waals surface area contributed by atoms with Crippen molar-refractivity contribution in [1.82, 2.24) is 0 Å². The van der Waals surface area contributed by atoms with Crippen molar-refractivity contribution in [2.75, 3.05) is 7.11 Å². The zero-order valence-electron chi connectivity index (χ0n) is 24.2. The molecule has 0 fully saturated rings. The Kier molecular flexibility index (Phi) is 32.2. The maximum atomic E-state index is 4.95. The van der Waals surface area contributed by atoms with Crippen molar-refractivity contribution in [1.29, 1.82) is 0 Å². The van der Waals surface area contributed by atoms with Gasteiger partial charge in [0.2, 0.25) is 0 Å². The molecule has 42 heavy (non-hydrogen) atoms. The number of rotatable bonds is 1. The van der Waals surface area contributed by atoms with Crippen molar-refractivity contribution in [3.8, 4) is 70.2 Å². The molecule has 0 saturated carbocycles. The van der Waals surface area contributed by atoms with Crippen LogP contribution in [-0.4, -0.2) is 96.9 Å². The Balaban J connectivity index is 0.000000827. The Morgan fingerprint density at radius 1 is 0.452 bits per heavy atom. The summed E-state index contributed by atoms with van der Waals surface area (Å²) in [6.07, 6.45) is 11.8. The molecule has 1 aromatic carbocycles. The number of hydrogen-bond acceptors (Lipinski definition) is 1. The van der Waals surface area contributed by atoms with Crippen LogP contribution >= 0.6 is 15.9 Å². The van der Waals surface area contributed by atoms with E-state index in [0.29, 0.717) is 89.7 Å². The van der Waals surface area contributed by atoms with Gasteiger partial charge in [-0.15, -0.1) is 0 Å². The van der Waals surface area contributed by atoms with Gasteiger partial charge in [0.15, 0.2) is 0 Å². The molecule has 0 atom stereocenters. The third kappa shape index (κ3) is 30.0. The van der Waals surface area contributed by atoms with Crippen LogP contribution in [0.4, 0.5) is 0 Å². The van der Waals surface area contributed by atoms with Gasteiger partial charge < -0.3 is 4.74 Å². The van der Waals surface area contributed by atoms with Crippen molar-refractivity contribution in [2.24, 2.45) is 0 Å². The van der Waals surface area contributed by atoms with Crippen molar-refractivity contribution >= 4 is 106 Å². The predicted molar refractivity (Wildman–Crippen MR) is 192 cm³/mol. The fourth-order valence-electron chi connectivity index (χ4n) is 2.82. The predicted octanol–water partition coefficient (Wildman–Crippen LogP) is 6.47. The van der Waals surface area contributed by atoms with Crippen LogP contribution in [0.5, 0.6) is 5.75 Å². The summed E-state index contributed by atoms with van der Waals surface area (Å²) in [5.74, 6) is 19.2. The first kappa shape index (κ1) is 40.0. The Morgan fingerprint density at radius 3 is 0.952 bits per heavy atom. The number of benzene rings is 1. The molecular weight excluding hydrogens is 978 g/mol. The summed E-state index contributed by atoms with van der Waals surface area (Å²) >= 11 is 5.98. The normalized spacial score (nSPS) is 16.2. The molecule has 8 heteroatoms. The Hall–Kier alpha value is -0.0231. The zero-order chi connectivity index (χ0) is 30.0. The summed E-state index contributed by atoms with van der Waals surface area (Å²) in [4.78, 5) is 19.6. The minimum Gasteiger partial charge on any atom is -0.497 e. The van der Waals surface area contributed by atoms with Crippen LogP contribution in [0.2, 0.25) is 31.9 Å². The van der Waals surface area contributed by atoms with E-state index in [-0.39, 0.29) is 0 Å². The molecule has 222 valence electrons. The largest absolute Gasteiger partial charge is 0.497 e. The molecule has 2 rings (SSSR count). The number of methoxy groups -OCH3 is 1. The van der Waals surface area contributed by atoms with Gasteiger partial charge in [0.25, 0.3) is 0 Å². The van der Waals surface area contributed by atoms with Crippen molar-refractivity contribution in [3.63, 3.8) is 0 Å². The molecule has 1 aliphatic rings. The first-order valence-electron chi connectivity index (χ1n) is 13.8. The molecule has 0 N–H and O–H groups in total. The number of ether oxygens (including phenoxy) is 1. The first-order chi connectivity index (χ1) is 20.8. The fraction of sp³-hybridized carbons (Fsp3) is 0.471. The molecule has 0 spiro atoms. The van der Waals surface area contributed by atoms with Crippen LogP contribution in [0.3, 0.4) is 0 Å². The second-order valence-corrected chi connectivity index (χ2v) is 20.6. The quantitative estimate of drug-likeness (QED) is 0.232. The van der Waals surface area contributed by atoms with E-state index >= 15 is 0 Å². The molecule has 1 aliphatic heterocycles. The number of halogens is 1. The van der Waals surface area contributed by atoms with Gasteiger partial charge >= 0.3 is 244 Å². The summed E-state index contributed by atoms with van der Waals surface area (Å²) in [6.45, 7) is 0. The third-order valence-electron chi connectivity index (χ3n) is 4.95. The Labute approximate surface area is 302 Å². The van der Waals surface area contributed by atoms with Crippen LogP contribution in [0, 0.1) is 64.4 Å². The van der Waals surface area contributed by atoms with Crippen molar-refractivity contribution < 1.29 is 4.74 Å². The molecule has 0 unspecified atom stereocenters. The van der Waals surface area contributed by atoms with Gasteiger partial charge in [-0.2, -0.15) is 0 Å². The molecule has 0 bridgehead atoms. The average Bonchev–Trinajstić information content (AvgIpc) is 3.01. The van der Waals surface area contributed by atoms with Gasteiger partial charge in [-0.1, -0.05) is 15.9 Å². The van der Waals surface area contributed by atoms with E-state index in [2.05, 4.69) is 80.4 Å². The van der Waals surface area contributed by atoms with Gasteiger partial charge in [-0.3, -0.25) is 0 Å². The monoisotopic (exact) mass is 1020 g/mol. The minimum atomic E-state index is 0.443. The Bertz CT molecular complexity index is 1020. The third-order valence-corrected chi connectivity index (χ3v) is 14.8. The zero-order valence-corrected chi connectivity index (χ0v) is 36.0. The summed E-state index contributed by atoms with van der Waals surface area (Å²) in [5.41, 5.74) is 0. The minimum absolute atomic E-state index is 0.443. The van der Waals surface area contributed by atoms with Crippen LogP contribution in [0.15, 0.2) is 28.7 Å². The molecule has 0 amide bonds. The smallest absolute Gasteiger partial charge is 0.118 e. The summed E-state index contributed by atoms with van der Waals surface area (Å²) in [5, 5.41) is 7.57. The first-order valence-corrected chi connectivity index (χ1v) is 27.0. The van der Waals surface area contributed by atoms with Crippen LogP contribution in [0.1, 0.15) is 57.8 Å². The molecule has 0 radical (unpaired) electrons. The van der Waals surface area contributed by atoms with E-state index in [4.69, 9.17) is 4.74 Å². The summed E-state index contributed by atoms with van der Waals surface area (Å²) in [6, 6.07) is 7.70. The van der Waals surface area contributed by atoms with E-state index in [9.17, 15) is 0 Å². The fourth-order valence-corrected chi connectivity index (χ4v) is 10.3. The van der Waals surface area contributed by atoms with E-state index in [1.807, 2.05) is 24.3 Å². The molecule has 1 nitrogen and oxygen atoms in total. The second-order valence-electron chi connectivity index (χ2n) is 8.29. The van der Waals surface area contributed by atoms with Gasteiger partial charge in [0.1, 0.15) is 5.75 Å². The van der Waals surface area contributed by atoms with Gasteiger partial charge in [0.05, 0.1) is 7.11 Å². The van der Waals surface area contributed by atoms with Crippen molar-refractivity contribution in [2.45, 2.75) is 89.7 Å². The summed E-state index contributed by atoms with van der Waals surface area (Å²) in [7, 11) is 1.66. The molecule has 1 heterocycles. The maximum absolute atomic E-state index is 4.95. The standard InChI is InChI=1S/C27H30Se6.C7H7BrO/c1-4-16-28-22-10-12-24-30-18-6-2-8-20-32-26-14-15-27-33-21-9-3-7-19-31-25-13-11-23-29-17-5-1;1-9-7-4-2-6(8)3-5-7/h1-9,16-21H2;2-5H,1H3. The number of hydrogen-bond donors (Lipinski definition) is 0. The molecule has 0 saturated heterocycles. The van der Waals surface area contributed by atoms with Gasteiger partial charge in [0, 0.05) is 4.47 Å². The Morgan fingerprint density at radius 2 is 0.714 bits per heavy atom. The average molecular weight is 1020 g/mol. The SMILES string of the molecule is C1#C[Se]CCCCC[Se]C#CC#C[Se]CCCCC[Se]C#CC#C[Se]CCCCC[Se]C#C1.COc1ccc(Br)cc1. The van der Waals surface area contributed by atoms with Crippen LogP contribution in [0.25, 0.3) is 0 Å². The van der Waals surface area contributed by atoms with Gasteiger partial charge in [-0.25, -0.2) is 0 Å². The molecule has 1 aromatic rings.